The summed E-state index contributed by atoms with van der Waals surface area (Å²) in [5, 5.41) is 10.9. The number of hydrogen-bond acceptors (Lipinski definition) is 5. The largest absolute Gasteiger partial charge is 0.497 e. The molecule has 0 aliphatic heterocycles. The zero-order chi connectivity index (χ0) is 16.9. The molecule has 122 valence electrons. The standard InChI is InChI=1S/C16H14BrN5O2/c1-24-13-2-3-15(17)14(8-13)16(23)19-9-11-10-22(21-20-11)12-4-6-18-7-5-12/h2-8,10H,9H2,1H3,(H,19,23). The van der Waals surface area contributed by atoms with Gasteiger partial charge in [0.25, 0.3) is 5.91 Å². The number of pyridine rings is 1. The minimum Gasteiger partial charge on any atom is -0.497 e. The van der Waals surface area contributed by atoms with Crippen LogP contribution >= 0.6 is 15.9 Å². The number of nitrogens with one attached hydrogen (secondary N) is 1. The predicted octanol–water partition coefficient (Wildman–Crippen LogP) is 2.36. The van der Waals surface area contributed by atoms with Crippen LogP contribution in [0.5, 0.6) is 5.75 Å². The van der Waals surface area contributed by atoms with Gasteiger partial charge in [-0.3, -0.25) is 9.78 Å². The lowest BCUT2D eigenvalue weighted by Crippen LogP contribution is -2.23. The van der Waals surface area contributed by atoms with E-state index < -0.39 is 0 Å². The molecule has 0 fully saturated rings. The number of hydrogen-bond donors (Lipinski definition) is 1. The van der Waals surface area contributed by atoms with Crippen molar-refractivity contribution < 1.29 is 9.53 Å². The maximum atomic E-state index is 12.3. The fraction of sp³-hybridized carbons (Fsp3) is 0.125. The second-order valence-corrected chi connectivity index (χ2v) is 5.74. The monoisotopic (exact) mass is 387 g/mol. The van der Waals surface area contributed by atoms with E-state index in [1.807, 2.05) is 12.1 Å². The first kappa shape index (κ1) is 16.1. The van der Waals surface area contributed by atoms with Gasteiger partial charge in [-0.25, -0.2) is 4.68 Å². The fourth-order valence-corrected chi connectivity index (χ4v) is 2.50. The lowest BCUT2D eigenvalue weighted by molar-refractivity contribution is 0.0949. The summed E-state index contributed by atoms with van der Waals surface area (Å²) in [5.41, 5.74) is 2.00. The number of carbonyl (C=O) groups excluding carboxylic acids is 1. The highest BCUT2D eigenvalue weighted by Crippen LogP contribution is 2.22. The molecule has 0 aliphatic carbocycles. The van der Waals surface area contributed by atoms with Crippen LogP contribution in [0, 0.1) is 0 Å². The van der Waals surface area contributed by atoms with Crippen LogP contribution in [0.15, 0.2) is 53.4 Å². The van der Waals surface area contributed by atoms with Crippen LogP contribution in [0.25, 0.3) is 5.69 Å². The first-order valence-electron chi connectivity index (χ1n) is 7.11. The van der Waals surface area contributed by atoms with Gasteiger partial charge in [0.05, 0.1) is 31.1 Å². The molecule has 1 N–H and O–H groups in total. The Labute approximate surface area is 146 Å². The Bertz CT molecular complexity index is 851. The average molecular weight is 388 g/mol. The maximum absolute atomic E-state index is 12.3. The number of amides is 1. The van der Waals surface area contributed by atoms with Gasteiger partial charge < -0.3 is 10.1 Å². The highest BCUT2D eigenvalue weighted by Gasteiger charge is 2.12. The molecule has 1 aromatic carbocycles. The van der Waals surface area contributed by atoms with E-state index in [2.05, 4.69) is 36.5 Å². The number of rotatable bonds is 5. The van der Waals surface area contributed by atoms with Crippen LogP contribution in [0.3, 0.4) is 0 Å². The van der Waals surface area contributed by atoms with E-state index in [4.69, 9.17) is 4.74 Å². The fourth-order valence-electron chi connectivity index (χ4n) is 2.07. The Morgan fingerprint density at radius 2 is 2.08 bits per heavy atom. The maximum Gasteiger partial charge on any atom is 0.252 e. The van der Waals surface area contributed by atoms with E-state index in [0.29, 0.717) is 21.5 Å². The van der Waals surface area contributed by atoms with Crippen molar-refractivity contribution in [1.82, 2.24) is 25.3 Å². The SMILES string of the molecule is COc1ccc(Br)c(C(=O)NCc2cn(-c3ccncc3)nn2)c1. The van der Waals surface area contributed by atoms with Crippen molar-refractivity contribution in [1.29, 1.82) is 0 Å². The molecule has 0 spiro atoms. The molecule has 2 aromatic heterocycles. The van der Waals surface area contributed by atoms with Crippen LogP contribution in [-0.4, -0.2) is 33.0 Å². The van der Waals surface area contributed by atoms with Crippen molar-refractivity contribution in [3.8, 4) is 11.4 Å². The molecule has 0 saturated carbocycles. The molecular formula is C16H14BrN5O2. The summed E-state index contributed by atoms with van der Waals surface area (Å²) < 4.78 is 7.47. The number of halogens is 1. The Balaban J connectivity index is 1.68. The molecule has 0 atom stereocenters. The van der Waals surface area contributed by atoms with Gasteiger partial charge >= 0.3 is 0 Å². The van der Waals surface area contributed by atoms with Gasteiger partial charge in [0.2, 0.25) is 0 Å². The molecule has 24 heavy (non-hydrogen) atoms. The van der Waals surface area contributed by atoms with E-state index in [9.17, 15) is 4.79 Å². The molecule has 2 heterocycles. The zero-order valence-corrected chi connectivity index (χ0v) is 14.4. The lowest BCUT2D eigenvalue weighted by Gasteiger charge is -2.07. The van der Waals surface area contributed by atoms with E-state index in [1.165, 1.54) is 0 Å². The summed E-state index contributed by atoms with van der Waals surface area (Å²) in [7, 11) is 1.56. The Kier molecular flexibility index (Phi) is 4.85. The van der Waals surface area contributed by atoms with Gasteiger partial charge in [-0.2, -0.15) is 0 Å². The Morgan fingerprint density at radius 3 is 2.83 bits per heavy atom. The molecule has 0 bridgehead atoms. The highest BCUT2D eigenvalue weighted by atomic mass is 79.9. The van der Waals surface area contributed by atoms with Crippen LogP contribution in [0.1, 0.15) is 16.1 Å². The second-order valence-electron chi connectivity index (χ2n) is 4.89. The zero-order valence-electron chi connectivity index (χ0n) is 12.8. The predicted molar refractivity (Wildman–Crippen MR) is 91.0 cm³/mol. The van der Waals surface area contributed by atoms with Crippen molar-refractivity contribution >= 4 is 21.8 Å². The summed E-state index contributed by atoms with van der Waals surface area (Å²) in [5.74, 6) is 0.395. The highest BCUT2D eigenvalue weighted by molar-refractivity contribution is 9.10. The van der Waals surface area contributed by atoms with Crippen LogP contribution < -0.4 is 10.1 Å². The molecule has 1 amide bonds. The molecule has 0 saturated heterocycles. The van der Waals surface area contributed by atoms with Gasteiger partial charge in [0.1, 0.15) is 11.4 Å². The van der Waals surface area contributed by atoms with Crippen molar-refractivity contribution in [2.75, 3.05) is 7.11 Å². The number of aromatic nitrogens is 4. The Morgan fingerprint density at radius 1 is 1.29 bits per heavy atom. The van der Waals surface area contributed by atoms with Gasteiger partial charge in [-0.1, -0.05) is 5.21 Å². The topological polar surface area (TPSA) is 81.9 Å². The van der Waals surface area contributed by atoms with Crippen molar-refractivity contribution in [3.63, 3.8) is 0 Å². The summed E-state index contributed by atoms with van der Waals surface area (Å²) in [6, 6.07) is 8.87. The molecule has 8 heteroatoms. The Hall–Kier alpha value is -2.74. The number of carbonyl (C=O) groups is 1. The minimum absolute atomic E-state index is 0.223. The summed E-state index contributed by atoms with van der Waals surface area (Å²) in [6.07, 6.45) is 5.12. The number of methoxy groups -OCH3 is 1. The number of nitrogens with zero attached hydrogens (tertiary/aromatic N) is 4. The van der Waals surface area contributed by atoms with Gasteiger partial charge in [0, 0.05) is 16.9 Å². The normalized spacial score (nSPS) is 10.4. The minimum atomic E-state index is -0.223. The van der Waals surface area contributed by atoms with Crippen LogP contribution in [0.2, 0.25) is 0 Å². The van der Waals surface area contributed by atoms with Crippen LogP contribution in [-0.2, 0) is 6.54 Å². The second kappa shape index (κ2) is 7.22. The number of benzene rings is 1. The molecule has 7 nitrogen and oxygen atoms in total. The average Bonchev–Trinajstić information content (AvgIpc) is 3.10. The van der Waals surface area contributed by atoms with E-state index in [1.54, 1.807) is 48.6 Å². The third kappa shape index (κ3) is 3.60. The third-order valence-corrected chi connectivity index (χ3v) is 4.01. The molecule has 3 rings (SSSR count). The third-order valence-electron chi connectivity index (χ3n) is 3.32. The van der Waals surface area contributed by atoms with Crippen LogP contribution in [0.4, 0.5) is 0 Å². The molecule has 0 aliphatic rings. The van der Waals surface area contributed by atoms with E-state index >= 15 is 0 Å². The quantitative estimate of drug-likeness (QED) is 0.726. The summed E-state index contributed by atoms with van der Waals surface area (Å²) in [4.78, 5) is 16.3. The van der Waals surface area contributed by atoms with Crippen molar-refractivity contribution in [2.45, 2.75) is 6.54 Å². The first-order valence-corrected chi connectivity index (χ1v) is 7.90. The van der Waals surface area contributed by atoms with E-state index in [0.717, 1.165) is 5.69 Å². The van der Waals surface area contributed by atoms with Gasteiger partial charge in [0.15, 0.2) is 0 Å². The van der Waals surface area contributed by atoms with E-state index in [-0.39, 0.29) is 12.5 Å². The molecule has 0 unspecified atom stereocenters. The molecular weight excluding hydrogens is 374 g/mol. The van der Waals surface area contributed by atoms with Crippen molar-refractivity contribution in [3.05, 3.63) is 64.7 Å². The van der Waals surface area contributed by atoms with Gasteiger partial charge in [-0.15, -0.1) is 5.10 Å². The summed E-state index contributed by atoms with van der Waals surface area (Å²) >= 11 is 3.37. The molecule has 3 aromatic rings. The smallest absolute Gasteiger partial charge is 0.252 e. The summed E-state index contributed by atoms with van der Waals surface area (Å²) in [6.45, 7) is 0.271. The van der Waals surface area contributed by atoms with Gasteiger partial charge in [-0.05, 0) is 46.3 Å². The van der Waals surface area contributed by atoms with Crippen molar-refractivity contribution in [2.24, 2.45) is 0 Å². The number of ether oxygens (including phenoxy) is 1. The lowest BCUT2D eigenvalue weighted by atomic mass is 10.2. The molecule has 0 radical (unpaired) electrons. The first-order chi connectivity index (χ1) is 11.7.